The molecule has 314 valence electrons. The van der Waals surface area contributed by atoms with Crippen molar-refractivity contribution >= 4 is 11.0 Å². The molecule has 0 bridgehead atoms. The fourth-order valence-corrected chi connectivity index (χ4v) is 6.75. The summed E-state index contributed by atoms with van der Waals surface area (Å²) in [6, 6.07) is 7.28. The Labute approximate surface area is 325 Å². The van der Waals surface area contributed by atoms with Crippen molar-refractivity contribution in [2.24, 2.45) is 0 Å². The molecule has 14 unspecified atom stereocenters. The number of benzene rings is 2. The number of methoxy groups -OCH3 is 1. The van der Waals surface area contributed by atoms with Crippen molar-refractivity contribution in [3.63, 3.8) is 0 Å². The summed E-state index contributed by atoms with van der Waals surface area (Å²) in [6.45, 7) is 3.96. The molecule has 0 amide bonds. The van der Waals surface area contributed by atoms with Gasteiger partial charge in [-0.25, -0.2) is 0 Å². The first-order valence-electron chi connectivity index (χ1n) is 18.2. The maximum absolute atomic E-state index is 14.5. The van der Waals surface area contributed by atoms with Crippen LogP contribution in [0.3, 0.4) is 0 Å². The minimum atomic E-state index is -1.91. The van der Waals surface area contributed by atoms with Crippen LogP contribution < -0.4 is 19.6 Å². The number of ether oxygens (including phenoxy) is 7. The summed E-state index contributed by atoms with van der Waals surface area (Å²) >= 11 is 0. The number of hydrogen-bond donors (Lipinski definition) is 10. The second-order valence-electron chi connectivity index (χ2n) is 14.4. The van der Waals surface area contributed by atoms with Crippen LogP contribution >= 0.6 is 0 Å². The predicted molar refractivity (Wildman–Crippen MR) is 193 cm³/mol. The third-order valence-electron chi connectivity index (χ3n) is 10.1. The highest BCUT2D eigenvalue weighted by molar-refractivity contribution is 5.91. The predicted octanol–water partition coefficient (Wildman–Crippen LogP) is -1.47. The lowest BCUT2D eigenvalue weighted by Crippen LogP contribution is -2.62. The SMILES string of the molecule is COc1ccc(-c2oc3c(CC=C(C)C)c(OC4OC(CO)C(O)C(O)C4O)cc(O)c3c(=O)c2OC2OC(C)C(OC3OCC(O)C(O)C3O)C(O)C2O)cc1. The Kier molecular flexibility index (Phi) is 13.1. The lowest BCUT2D eigenvalue weighted by molar-refractivity contribution is -0.334. The first kappa shape index (κ1) is 42.7. The molecule has 3 aliphatic heterocycles. The van der Waals surface area contributed by atoms with Crippen LogP contribution in [0.4, 0.5) is 0 Å². The highest BCUT2D eigenvalue weighted by Crippen LogP contribution is 2.42. The molecule has 3 fully saturated rings. The molecule has 57 heavy (non-hydrogen) atoms. The lowest BCUT2D eigenvalue weighted by atomic mass is 9.98. The zero-order chi connectivity index (χ0) is 41.5. The van der Waals surface area contributed by atoms with Gasteiger partial charge in [0.05, 0.1) is 26.4 Å². The maximum Gasteiger partial charge on any atom is 0.239 e. The summed E-state index contributed by atoms with van der Waals surface area (Å²) in [6.07, 6.45) is -20.5. The van der Waals surface area contributed by atoms with Gasteiger partial charge in [-0.15, -0.1) is 0 Å². The van der Waals surface area contributed by atoms with Gasteiger partial charge in [0.15, 0.2) is 12.1 Å². The Morgan fingerprint density at radius 2 is 1.49 bits per heavy atom. The molecule has 19 nitrogen and oxygen atoms in total. The first-order chi connectivity index (χ1) is 27.1. The molecule has 1 aromatic heterocycles. The topological polar surface area (TPSA) is 297 Å². The molecule has 0 spiro atoms. The molecule has 0 radical (unpaired) electrons. The van der Waals surface area contributed by atoms with Crippen LogP contribution in [0.1, 0.15) is 26.3 Å². The van der Waals surface area contributed by atoms with E-state index in [-0.39, 0.29) is 41.2 Å². The van der Waals surface area contributed by atoms with Crippen molar-refractivity contribution in [1.29, 1.82) is 0 Å². The Morgan fingerprint density at radius 1 is 0.842 bits per heavy atom. The zero-order valence-electron chi connectivity index (χ0n) is 31.3. The summed E-state index contributed by atoms with van der Waals surface area (Å²) in [4.78, 5) is 14.5. The van der Waals surface area contributed by atoms with Crippen LogP contribution in [-0.2, 0) is 25.4 Å². The van der Waals surface area contributed by atoms with E-state index in [1.54, 1.807) is 30.3 Å². The molecule has 14 atom stereocenters. The van der Waals surface area contributed by atoms with Crippen molar-refractivity contribution in [2.45, 2.75) is 113 Å². The Bertz CT molecular complexity index is 1940. The number of phenols is 1. The number of allylic oxidation sites excluding steroid dienone is 2. The number of aliphatic hydroxyl groups is 9. The van der Waals surface area contributed by atoms with Gasteiger partial charge in [0.2, 0.25) is 23.8 Å². The lowest BCUT2D eigenvalue weighted by Gasteiger charge is -2.44. The van der Waals surface area contributed by atoms with Crippen molar-refractivity contribution in [3.8, 4) is 34.3 Å². The van der Waals surface area contributed by atoms with E-state index in [0.29, 0.717) is 5.75 Å². The molecule has 2 aromatic carbocycles. The van der Waals surface area contributed by atoms with Crippen LogP contribution in [-0.4, -0.2) is 157 Å². The van der Waals surface area contributed by atoms with E-state index in [4.69, 9.17) is 37.6 Å². The zero-order valence-corrected chi connectivity index (χ0v) is 31.3. The highest BCUT2D eigenvalue weighted by atomic mass is 16.7. The van der Waals surface area contributed by atoms with Gasteiger partial charge in [0.25, 0.3) is 0 Å². The van der Waals surface area contributed by atoms with Crippen molar-refractivity contribution in [2.75, 3.05) is 20.3 Å². The van der Waals surface area contributed by atoms with Crippen molar-refractivity contribution in [3.05, 3.63) is 57.8 Å². The minimum Gasteiger partial charge on any atom is -0.507 e. The van der Waals surface area contributed by atoms with Crippen LogP contribution in [0.5, 0.6) is 23.0 Å². The van der Waals surface area contributed by atoms with Crippen LogP contribution in [0.2, 0.25) is 0 Å². The van der Waals surface area contributed by atoms with Gasteiger partial charge in [-0.05, 0) is 51.5 Å². The number of phenolic OH excluding ortho intramolecular Hbond substituents is 1. The third kappa shape index (κ3) is 8.48. The van der Waals surface area contributed by atoms with Gasteiger partial charge in [0.1, 0.15) is 89.3 Å². The van der Waals surface area contributed by atoms with Crippen LogP contribution in [0.15, 0.2) is 51.2 Å². The van der Waals surface area contributed by atoms with E-state index in [9.17, 15) is 55.9 Å². The van der Waals surface area contributed by atoms with Crippen LogP contribution in [0.25, 0.3) is 22.3 Å². The fraction of sp³-hybridized carbons (Fsp3) is 0.553. The number of fused-ring (bicyclic) bond motifs is 1. The maximum atomic E-state index is 14.5. The van der Waals surface area contributed by atoms with Gasteiger partial charge in [-0.3, -0.25) is 4.79 Å². The molecule has 3 aliphatic rings. The molecule has 6 rings (SSSR count). The van der Waals surface area contributed by atoms with Crippen LogP contribution in [0, 0.1) is 0 Å². The Morgan fingerprint density at radius 3 is 2.14 bits per heavy atom. The Hall–Kier alpha value is -3.93. The molecular formula is C38H48O19. The fourth-order valence-electron chi connectivity index (χ4n) is 6.75. The van der Waals surface area contributed by atoms with Crippen molar-refractivity contribution < 1.29 is 88.6 Å². The quantitative estimate of drug-likeness (QED) is 0.0990. The molecule has 19 heteroatoms. The summed E-state index contributed by atoms with van der Waals surface area (Å²) in [5, 5.41) is 105. The molecule has 3 aromatic rings. The summed E-state index contributed by atoms with van der Waals surface area (Å²) in [5.41, 5.74) is 0.120. The van der Waals surface area contributed by atoms with E-state index in [2.05, 4.69) is 0 Å². The van der Waals surface area contributed by atoms with Gasteiger partial charge >= 0.3 is 0 Å². The molecule has 3 saturated heterocycles. The monoisotopic (exact) mass is 808 g/mol. The molecular weight excluding hydrogens is 760 g/mol. The minimum absolute atomic E-state index is 0.0298. The number of hydrogen-bond acceptors (Lipinski definition) is 19. The number of aromatic hydroxyl groups is 1. The molecule has 0 saturated carbocycles. The summed E-state index contributed by atoms with van der Waals surface area (Å²) < 4.78 is 46.1. The average Bonchev–Trinajstić information content (AvgIpc) is 3.18. The van der Waals surface area contributed by atoms with Gasteiger partial charge < -0.3 is 88.6 Å². The van der Waals surface area contributed by atoms with Crippen molar-refractivity contribution in [1.82, 2.24) is 0 Å². The normalized spacial score (nSPS) is 34.5. The third-order valence-corrected chi connectivity index (χ3v) is 10.1. The standard InChI is InChI=1S/C38H48O19/c1-14(2)5-10-18-21(53-38-30(48)27(45)25(43)22(12-39)54-38)11-19(40)23-26(44)35(33(55-34(18)23)16-6-8-17(50-4)9-7-16)57-37-31(49)28(46)32(15(3)52-37)56-36-29(47)24(42)20(41)13-51-36/h5-9,11,15,20,22,24-25,27-32,36-43,45-49H,10,12-13H2,1-4H3. The Balaban J connectivity index is 1.42. The largest absolute Gasteiger partial charge is 0.507 e. The molecule has 0 aliphatic carbocycles. The average molecular weight is 809 g/mol. The first-order valence-corrected chi connectivity index (χ1v) is 18.2. The van der Waals surface area contributed by atoms with E-state index in [1.165, 1.54) is 14.0 Å². The summed E-state index contributed by atoms with van der Waals surface area (Å²) in [5.74, 6) is -1.16. The van der Waals surface area contributed by atoms with E-state index in [0.717, 1.165) is 11.6 Å². The van der Waals surface area contributed by atoms with Gasteiger partial charge in [0, 0.05) is 17.2 Å². The smallest absolute Gasteiger partial charge is 0.239 e. The number of rotatable bonds is 11. The second-order valence-corrected chi connectivity index (χ2v) is 14.4. The van der Waals surface area contributed by atoms with E-state index >= 15 is 0 Å². The molecule has 10 N–H and O–H groups in total. The van der Waals surface area contributed by atoms with Gasteiger partial charge in [-0.2, -0.15) is 0 Å². The van der Waals surface area contributed by atoms with E-state index in [1.807, 2.05) is 13.8 Å². The summed E-state index contributed by atoms with van der Waals surface area (Å²) in [7, 11) is 1.45. The number of aliphatic hydroxyl groups excluding tert-OH is 9. The highest BCUT2D eigenvalue weighted by Gasteiger charge is 2.49. The van der Waals surface area contributed by atoms with E-state index < -0.39 is 115 Å². The molecule has 4 heterocycles. The second kappa shape index (κ2) is 17.5. The van der Waals surface area contributed by atoms with Gasteiger partial charge in [-0.1, -0.05) is 11.6 Å².